The Morgan fingerprint density at radius 3 is 2.23 bits per heavy atom. The van der Waals surface area contributed by atoms with Gasteiger partial charge >= 0.3 is 0 Å². The van der Waals surface area contributed by atoms with Crippen molar-refractivity contribution < 1.29 is 27.1 Å². The van der Waals surface area contributed by atoms with Crippen LogP contribution in [0, 0.1) is 5.82 Å². The summed E-state index contributed by atoms with van der Waals surface area (Å²) in [5.74, 6) is -0.725. The van der Waals surface area contributed by atoms with E-state index >= 15 is 0 Å². The zero-order valence-corrected chi connectivity index (χ0v) is 21.1. The summed E-state index contributed by atoms with van der Waals surface area (Å²) in [6.07, 6.45) is 4.89. The summed E-state index contributed by atoms with van der Waals surface area (Å²) in [6, 6.07) is 11.1. The lowest BCUT2D eigenvalue weighted by molar-refractivity contribution is -0.139. The van der Waals surface area contributed by atoms with Crippen LogP contribution in [-0.2, 0) is 26.2 Å². The van der Waals surface area contributed by atoms with Crippen LogP contribution in [0.1, 0.15) is 38.2 Å². The zero-order chi connectivity index (χ0) is 25.6. The van der Waals surface area contributed by atoms with Gasteiger partial charge in [0.15, 0.2) is 0 Å². The number of hydrogen-bond acceptors (Lipinski definition) is 5. The fourth-order valence-corrected chi connectivity index (χ4v) is 4.97. The van der Waals surface area contributed by atoms with E-state index in [9.17, 15) is 22.4 Å². The van der Waals surface area contributed by atoms with Gasteiger partial charge in [-0.1, -0.05) is 25.0 Å². The maximum atomic E-state index is 13.5. The molecule has 0 aliphatic heterocycles. The summed E-state index contributed by atoms with van der Waals surface area (Å²) in [5.41, 5.74) is 0.919. The van der Waals surface area contributed by atoms with Gasteiger partial charge in [0.1, 0.15) is 24.2 Å². The van der Waals surface area contributed by atoms with Crippen LogP contribution in [0.2, 0.25) is 0 Å². The number of sulfonamides is 1. The molecule has 10 heteroatoms. The number of nitrogens with one attached hydrogen (secondary N) is 1. The second-order valence-corrected chi connectivity index (χ2v) is 10.7. The molecule has 0 bridgehead atoms. The van der Waals surface area contributed by atoms with Crippen molar-refractivity contribution in [1.82, 2.24) is 10.2 Å². The molecule has 0 unspecified atom stereocenters. The molecule has 0 spiro atoms. The first-order valence-electron chi connectivity index (χ1n) is 11.5. The summed E-state index contributed by atoms with van der Waals surface area (Å²) in [6.45, 7) is 1.15. The van der Waals surface area contributed by atoms with Crippen molar-refractivity contribution in [2.75, 3.05) is 24.2 Å². The van der Waals surface area contributed by atoms with Crippen LogP contribution >= 0.6 is 0 Å². The maximum Gasteiger partial charge on any atom is 0.244 e. The van der Waals surface area contributed by atoms with Crippen molar-refractivity contribution in [3.05, 3.63) is 59.9 Å². The van der Waals surface area contributed by atoms with Crippen molar-refractivity contribution >= 4 is 27.5 Å². The Morgan fingerprint density at radius 2 is 1.69 bits per heavy atom. The molecular weight excluding hydrogens is 473 g/mol. The number of carbonyl (C=O) groups is 2. The van der Waals surface area contributed by atoms with Gasteiger partial charge in [0.2, 0.25) is 21.8 Å². The topological polar surface area (TPSA) is 96.0 Å². The van der Waals surface area contributed by atoms with E-state index < -0.39 is 34.3 Å². The highest BCUT2D eigenvalue weighted by Gasteiger charge is 2.31. The number of amides is 2. The third-order valence-electron chi connectivity index (χ3n) is 6.17. The van der Waals surface area contributed by atoms with Gasteiger partial charge in [-0.15, -0.1) is 0 Å². The largest absolute Gasteiger partial charge is 0.497 e. The summed E-state index contributed by atoms with van der Waals surface area (Å²) < 4.78 is 44.7. The number of benzene rings is 2. The van der Waals surface area contributed by atoms with Crippen molar-refractivity contribution in [3.8, 4) is 5.75 Å². The summed E-state index contributed by atoms with van der Waals surface area (Å²) in [5, 5.41) is 3.00. The van der Waals surface area contributed by atoms with Gasteiger partial charge in [-0.05, 0) is 61.7 Å². The predicted octanol–water partition coefficient (Wildman–Crippen LogP) is 3.08. The second-order valence-electron chi connectivity index (χ2n) is 8.78. The van der Waals surface area contributed by atoms with E-state index in [2.05, 4.69) is 5.32 Å². The van der Waals surface area contributed by atoms with Crippen molar-refractivity contribution in [3.63, 3.8) is 0 Å². The predicted molar refractivity (Wildman–Crippen MR) is 132 cm³/mol. The standard InChI is InChI=1S/C25H32FN3O5S/c1-18(25(31)27-21-6-4-5-7-21)28(16-19-8-10-20(26)11-9-19)24(30)17-29(35(3,32)33)22-12-14-23(34-2)15-13-22/h8-15,18,21H,4-7,16-17H2,1-3H3,(H,27,31)/t18-/m0/s1. The lowest BCUT2D eigenvalue weighted by atomic mass is 10.1. The van der Waals surface area contributed by atoms with Crippen LogP contribution in [-0.4, -0.2) is 57.1 Å². The molecule has 1 aliphatic carbocycles. The minimum absolute atomic E-state index is 0.0264. The first kappa shape index (κ1) is 26.5. The summed E-state index contributed by atoms with van der Waals surface area (Å²) >= 11 is 0. The molecule has 190 valence electrons. The van der Waals surface area contributed by atoms with Crippen LogP contribution < -0.4 is 14.4 Å². The van der Waals surface area contributed by atoms with Crippen LogP contribution in [0.3, 0.4) is 0 Å². The smallest absolute Gasteiger partial charge is 0.244 e. The Morgan fingerprint density at radius 1 is 1.09 bits per heavy atom. The van der Waals surface area contributed by atoms with E-state index in [0.29, 0.717) is 17.0 Å². The van der Waals surface area contributed by atoms with E-state index in [0.717, 1.165) is 36.2 Å². The molecule has 3 rings (SSSR count). The first-order chi connectivity index (χ1) is 16.6. The van der Waals surface area contributed by atoms with Crippen molar-refractivity contribution in [2.45, 2.75) is 51.2 Å². The molecule has 8 nitrogen and oxygen atoms in total. The maximum absolute atomic E-state index is 13.5. The fourth-order valence-electron chi connectivity index (χ4n) is 4.12. The Balaban J connectivity index is 1.86. The van der Waals surface area contributed by atoms with Crippen LogP contribution in [0.5, 0.6) is 5.75 Å². The third-order valence-corrected chi connectivity index (χ3v) is 7.32. The molecule has 2 amide bonds. The highest BCUT2D eigenvalue weighted by molar-refractivity contribution is 7.92. The van der Waals surface area contributed by atoms with E-state index in [1.165, 1.54) is 36.3 Å². The van der Waals surface area contributed by atoms with E-state index in [-0.39, 0.29) is 18.5 Å². The van der Waals surface area contributed by atoms with Gasteiger partial charge < -0.3 is 15.0 Å². The molecule has 1 saturated carbocycles. The first-order valence-corrected chi connectivity index (χ1v) is 13.4. The number of nitrogens with zero attached hydrogens (tertiary/aromatic N) is 2. The Labute approximate surface area is 206 Å². The SMILES string of the molecule is COc1ccc(N(CC(=O)N(Cc2ccc(F)cc2)[C@@H](C)C(=O)NC2CCCC2)S(C)(=O)=O)cc1. The number of halogens is 1. The third kappa shape index (κ3) is 7.17. The minimum Gasteiger partial charge on any atom is -0.497 e. The Bertz CT molecular complexity index is 1120. The molecule has 1 atom stereocenters. The van der Waals surface area contributed by atoms with E-state index in [4.69, 9.17) is 4.74 Å². The van der Waals surface area contributed by atoms with Gasteiger partial charge in [-0.25, -0.2) is 12.8 Å². The average Bonchev–Trinajstić information content (AvgIpc) is 3.34. The molecule has 35 heavy (non-hydrogen) atoms. The molecule has 1 fully saturated rings. The van der Waals surface area contributed by atoms with Gasteiger partial charge in [-0.2, -0.15) is 0 Å². The fraction of sp³-hybridized carbons (Fsp3) is 0.440. The quantitative estimate of drug-likeness (QED) is 0.535. The summed E-state index contributed by atoms with van der Waals surface area (Å²) in [7, 11) is -2.32. The summed E-state index contributed by atoms with van der Waals surface area (Å²) in [4.78, 5) is 27.8. The Hall–Kier alpha value is -3.14. The van der Waals surface area contributed by atoms with Crippen LogP contribution in [0.15, 0.2) is 48.5 Å². The normalized spacial score (nSPS) is 14.9. The number of hydrogen-bond donors (Lipinski definition) is 1. The molecule has 0 heterocycles. The molecule has 1 N–H and O–H groups in total. The number of carbonyl (C=O) groups excluding carboxylic acids is 2. The molecule has 1 aliphatic rings. The highest BCUT2D eigenvalue weighted by atomic mass is 32.2. The van der Waals surface area contributed by atoms with Crippen molar-refractivity contribution in [2.24, 2.45) is 0 Å². The second kappa shape index (κ2) is 11.5. The van der Waals surface area contributed by atoms with Crippen LogP contribution in [0.4, 0.5) is 10.1 Å². The van der Waals surface area contributed by atoms with Crippen molar-refractivity contribution in [1.29, 1.82) is 0 Å². The Kier molecular flexibility index (Phi) is 8.71. The zero-order valence-electron chi connectivity index (χ0n) is 20.2. The molecular formula is C25H32FN3O5S. The lowest BCUT2D eigenvalue weighted by Crippen LogP contribution is -2.52. The monoisotopic (exact) mass is 505 g/mol. The molecule has 2 aromatic rings. The number of methoxy groups -OCH3 is 1. The van der Waals surface area contributed by atoms with E-state index in [1.54, 1.807) is 31.2 Å². The minimum atomic E-state index is -3.81. The van der Waals surface area contributed by atoms with Gasteiger partial charge in [0, 0.05) is 12.6 Å². The molecule has 2 aromatic carbocycles. The lowest BCUT2D eigenvalue weighted by Gasteiger charge is -2.32. The molecule has 0 radical (unpaired) electrons. The highest BCUT2D eigenvalue weighted by Crippen LogP contribution is 2.23. The van der Waals surface area contributed by atoms with E-state index in [1.807, 2.05) is 0 Å². The molecule has 0 saturated heterocycles. The number of anilines is 1. The molecule has 0 aromatic heterocycles. The van der Waals surface area contributed by atoms with Gasteiger partial charge in [0.05, 0.1) is 19.1 Å². The van der Waals surface area contributed by atoms with Crippen LogP contribution in [0.25, 0.3) is 0 Å². The van der Waals surface area contributed by atoms with Gasteiger partial charge in [0.25, 0.3) is 0 Å². The number of ether oxygens (including phenoxy) is 1. The number of rotatable bonds is 10. The average molecular weight is 506 g/mol. The van der Waals surface area contributed by atoms with Gasteiger partial charge in [-0.3, -0.25) is 13.9 Å².